The Labute approximate surface area is 153 Å². The lowest BCUT2D eigenvalue weighted by molar-refractivity contribution is 0.123. The van der Waals surface area contributed by atoms with E-state index in [4.69, 9.17) is 4.74 Å². The molecule has 0 saturated carbocycles. The fourth-order valence-corrected chi connectivity index (χ4v) is 2.38. The molecule has 0 atom stereocenters. The van der Waals surface area contributed by atoms with Crippen LogP contribution >= 0.6 is 0 Å². The van der Waals surface area contributed by atoms with Gasteiger partial charge in [0.05, 0.1) is 13.2 Å². The van der Waals surface area contributed by atoms with Crippen molar-refractivity contribution in [1.82, 2.24) is 0 Å². The number of nitrogens with zero attached hydrogens (tertiary/aromatic N) is 1. The van der Waals surface area contributed by atoms with Crippen LogP contribution in [0.2, 0.25) is 0 Å². The average molecular weight is 338 g/mol. The Bertz CT molecular complexity index is 650. The molecule has 0 heterocycles. The second-order valence-electron chi connectivity index (χ2n) is 5.70. The molecular formula is C23H31NO. The van der Waals surface area contributed by atoms with Crippen LogP contribution in [0.15, 0.2) is 70.9 Å². The summed E-state index contributed by atoms with van der Waals surface area (Å²) in [5.74, 6) is 0. The zero-order valence-electron chi connectivity index (χ0n) is 16.3. The van der Waals surface area contributed by atoms with Crippen LogP contribution in [0, 0.1) is 0 Å². The minimum Gasteiger partial charge on any atom is -0.376 e. The Hall–Kier alpha value is -2.19. The second kappa shape index (κ2) is 12.2. The number of hydrogen-bond acceptors (Lipinski definition) is 2. The van der Waals surface area contributed by atoms with Crippen LogP contribution in [0.1, 0.15) is 46.6 Å². The number of allylic oxidation sites excluding steroid dienone is 1. The van der Waals surface area contributed by atoms with E-state index >= 15 is 0 Å². The summed E-state index contributed by atoms with van der Waals surface area (Å²) in [5, 5.41) is 0. The van der Waals surface area contributed by atoms with Crippen molar-refractivity contribution in [3.63, 3.8) is 0 Å². The highest BCUT2D eigenvalue weighted by Crippen LogP contribution is 2.19. The van der Waals surface area contributed by atoms with Crippen molar-refractivity contribution < 1.29 is 4.74 Å². The molecule has 2 heteroatoms. The third-order valence-electron chi connectivity index (χ3n) is 3.68. The molecule has 0 N–H and O–H groups in total. The predicted octanol–water partition coefficient (Wildman–Crippen LogP) is 6.67. The van der Waals surface area contributed by atoms with Gasteiger partial charge in [-0.25, -0.2) is 0 Å². The third-order valence-corrected chi connectivity index (χ3v) is 3.68. The van der Waals surface area contributed by atoms with Crippen molar-refractivity contribution in [1.29, 1.82) is 0 Å². The molecule has 0 fully saturated rings. The highest BCUT2D eigenvalue weighted by Gasteiger charge is 2.00. The first kappa shape index (κ1) is 20.9. The fourth-order valence-electron chi connectivity index (χ4n) is 2.38. The maximum absolute atomic E-state index is 5.78. The van der Waals surface area contributed by atoms with E-state index in [2.05, 4.69) is 67.4 Å². The van der Waals surface area contributed by atoms with Crippen LogP contribution in [-0.4, -0.2) is 12.8 Å². The first-order valence-electron chi connectivity index (χ1n) is 9.08. The summed E-state index contributed by atoms with van der Waals surface area (Å²) in [6.45, 7) is 11.5. The molecule has 0 radical (unpaired) electrons. The van der Waals surface area contributed by atoms with E-state index in [9.17, 15) is 0 Å². The molecule has 0 amide bonds. The van der Waals surface area contributed by atoms with E-state index < -0.39 is 0 Å². The monoisotopic (exact) mass is 337 g/mol. The van der Waals surface area contributed by atoms with Crippen molar-refractivity contribution in [3.8, 4) is 11.1 Å². The Kier molecular flexibility index (Phi) is 10.2. The van der Waals surface area contributed by atoms with Gasteiger partial charge in [0.1, 0.15) is 0 Å². The third kappa shape index (κ3) is 7.49. The number of rotatable bonds is 7. The van der Waals surface area contributed by atoms with Gasteiger partial charge >= 0.3 is 0 Å². The minimum absolute atomic E-state index is 0.640. The van der Waals surface area contributed by atoms with Gasteiger partial charge in [-0.3, -0.25) is 4.99 Å². The SMILES string of the molecule is CC.CC=NC(CCOCc1ccc(-c2ccccc2)cc1)=C(C)C. The lowest BCUT2D eigenvalue weighted by atomic mass is 10.0. The van der Waals surface area contributed by atoms with Crippen LogP contribution in [0.4, 0.5) is 0 Å². The molecule has 0 spiro atoms. The van der Waals surface area contributed by atoms with E-state index in [1.165, 1.54) is 22.3 Å². The molecule has 0 unspecified atom stereocenters. The molecule has 0 aromatic heterocycles. The first-order valence-corrected chi connectivity index (χ1v) is 9.08. The van der Waals surface area contributed by atoms with Gasteiger partial charge in [0.2, 0.25) is 0 Å². The molecule has 2 aromatic carbocycles. The van der Waals surface area contributed by atoms with Crippen molar-refractivity contribution in [2.24, 2.45) is 4.99 Å². The molecule has 0 aliphatic heterocycles. The molecule has 2 rings (SSSR count). The van der Waals surface area contributed by atoms with E-state index in [0.717, 1.165) is 12.1 Å². The van der Waals surface area contributed by atoms with Crippen LogP contribution in [-0.2, 0) is 11.3 Å². The van der Waals surface area contributed by atoms with Crippen molar-refractivity contribution in [2.75, 3.05) is 6.61 Å². The summed E-state index contributed by atoms with van der Waals surface area (Å²) >= 11 is 0. The van der Waals surface area contributed by atoms with Crippen LogP contribution in [0.5, 0.6) is 0 Å². The van der Waals surface area contributed by atoms with E-state index in [0.29, 0.717) is 13.2 Å². The Morgan fingerprint density at radius 1 is 0.920 bits per heavy atom. The van der Waals surface area contributed by atoms with Gasteiger partial charge < -0.3 is 4.74 Å². The van der Waals surface area contributed by atoms with Gasteiger partial charge in [0, 0.05) is 18.3 Å². The quantitative estimate of drug-likeness (QED) is 0.408. The van der Waals surface area contributed by atoms with Gasteiger partial charge in [-0.2, -0.15) is 0 Å². The summed E-state index contributed by atoms with van der Waals surface area (Å²) in [5.41, 5.74) is 6.04. The zero-order chi connectivity index (χ0) is 18.5. The molecule has 0 aliphatic carbocycles. The topological polar surface area (TPSA) is 21.6 Å². The first-order chi connectivity index (χ1) is 12.2. The van der Waals surface area contributed by atoms with E-state index in [1.807, 2.05) is 33.1 Å². The predicted molar refractivity (Wildman–Crippen MR) is 110 cm³/mol. The molecule has 134 valence electrons. The molecule has 2 nitrogen and oxygen atoms in total. The van der Waals surface area contributed by atoms with Gasteiger partial charge in [-0.15, -0.1) is 0 Å². The number of ether oxygens (including phenoxy) is 1. The van der Waals surface area contributed by atoms with E-state index in [-0.39, 0.29) is 0 Å². The lowest BCUT2D eigenvalue weighted by Gasteiger charge is -2.07. The Morgan fingerprint density at radius 2 is 1.52 bits per heavy atom. The molecule has 25 heavy (non-hydrogen) atoms. The molecule has 0 bridgehead atoms. The summed E-state index contributed by atoms with van der Waals surface area (Å²) in [6, 6.07) is 19.0. The van der Waals surface area contributed by atoms with Crippen molar-refractivity contribution in [2.45, 2.75) is 47.6 Å². The van der Waals surface area contributed by atoms with Crippen molar-refractivity contribution >= 4 is 6.21 Å². The van der Waals surface area contributed by atoms with Gasteiger partial charge in [-0.1, -0.05) is 74.0 Å². The summed E-state index contributed by atoms with van der Waals surface area (Å²) in [7, 11) is 0. The highest BCUT2D eigenvalue weighted by atomic mass is 16.5. The lowest BCUT2D eigenvalue weighted by Crippen LogP contribution is -1.97. The molecule has 2 aromatic rings. The Morgan fingerprint density at radius 3 is 2.08 bits per heavy atom. The highest BCUT2D eigenvalue weighted by molar-refractivity contribution is 5.63. The maximum atomic E-state index is 5.78. The largest absolute Gasteiger partial charge is 0.376 e. The van der Waals surface area contributed by atoms with Crippen LogP contribution in [0.3, 0.4) is 0 Å². The van der Waals surface area contributed by atoms with Gasteiger partial charge in [0.25, 0.3) is 0 Å². The van der Waals surface area contributed by atoms with Crippen LogP contribution in [0.25, 0.3) is 11.1 Å². The number of hydrogen-bond donors (Lipinski definition) is 0. The number of benzene rings is 2. The normalized spacial score (nSPS) is 10.3. The number of aliphatic imine (C=N–C) groups is 1. The Balaban J connectivity index is 0.00000151. The maximum Gasteiger partial charge on any atom is 0.0717 e. The van der Waals surface area contributed by atoms with Gasteiger partial charge in [-0.05, 0) is 37.5 Å². The minimum atomic E-state index is 0.640. The molecule has 0 aliphatic rings. The smallest absolute Gasteiger partial charge is 0.0717 e. The van der Waals surface area contributed by atoms with Crippen molar-refractivity contribution in [3.05, 3.63) is 71.4 Å². The summed E-state index contributed by atoms with van der Waals surface area (Å²) in [4.78, 5) is 4.39. The molecular weight excluding hydrogens is 306 g/mol. The second-order valence-corrected chi connectivity index (χ2v) is 5.70. The molecule has 0 saturated heterocycles. The average Bonchev–Trinajstić information content (AvgIpc) is 2.67. The fraction of sp³-hybridized carbons (Fsp3) is 0.348. The summed E-state index contributed by atoms with van der Waals surface area (Å²) in [6.07, 6.45) is 2.69. The van der Waals surface area contributed by atoms with Crippen LogP contribution < -0.4 is 0 Å². The zero-order valence-corrected chi connectivity index (χ0v) is 16.3. The standard InChI is InChI=1S/C21H25NO.C2H6/c1-4-22-21(17(2)3)14-15-23-16-18-10-12-20(13-11-18)19-8-6-5-7-9-19;1-2/h4-13H,14-16H2,1-3H3;1-2H3. The van der Waals surface area contributed by atoms with E-state index in [1.54, 1.807) is 0 Å². The van der Waals surface area contributed by atoms with Gasteiger partial charge in [0.15, 0.2) is 0 Å². The summed E-state index contributed by atoms with van der Waals surface area (Å²) < 4.78 is 5.78.